The van der Waals surface area contributed by atoms with Gasteiger partial charge in [0.15, 0.2) is 0 Å². The first-order chi connectivity index (χ1) is 11.2. The van der Waals surface area contributed by atoms with Crippen LogP contribution in [0.1, 0.15) is 39.2 Å². The zero-order valence-corrected chi connectivity index (χ0v) is 14.6. The second kappa shape index (κ2) is 7.11. The van der Waals surface area contributed by atoms with Gasteiger partial charge in [-0.2, -0.15) is 0 Å². The molecule has 6 nitrogen and oxygen atoms in total. The molecule has 1 aliphatic heterocycles. The van der Waals surface area contributed by atoms with E-state index >= 15 is 0 Å². The minimum Gasteiger partial charge on any atom is -0.494 e. The van der Waals surface area contributed by atoms with Crippen molar-refractivity contribution in [3.05, 3.63) is 29.8 Å². The summed E-state index contributed by atoms with van der Waals surface area (Å²) in [6.07, 6.45) is -0.475. The number of carboxylic acid groups (broad SMARTS) is 1. The first kappa shape index (κ1) is 18.1. The molecule has 0 saturated carbocycles. The molecule has 0 radical (unpaired) electrons. The molecule has 24 heavy (non-hydrogen) atoms. The van der Waals surface area contributed by atoms with E-state index in [0.717, 1.165) is 5.56 Å². The van der Waals surface area contributed by atoms with Crippen molar-refractivity contribution < 1.29 is 24.2 Å². The molecule has 1 amide bonds. The molecule has 1 saturated heterocycles. The highest BCUT2D eigenvalue weighted by Crippen LogP contribution is 2.35. The van der Waals surface area contributed by atoms with Gasteiger partial charge in [0.2, 0.25) is 0 Å². The zero-order chi connectivity index (χ0) is 17.9. The predicted octanol–water partition coefficient (Wildman–Crippen LogP) is 3.12. The summed E-state index contributed by atoms with van der Waals surface area (Å²) in [5.74, 6) is -1.15. The van der Waals surface area contributed by atoms with Crippen LogP contribution in [0.3, 0.4) is 0 Å². The molecule has 0 bridgehead atoms. The Bertz CT molecular complexity index is 608. The van der Waals surface area contributed by atoms with Crippen LogP contribution in [0.2, 0.25) is 0 Å². The topological polar surface area (TPSA) is 76.1 Å². The number of amides is 1. The van der Waals surface area contributed by atoms with Gasteiger partial charge in [-0.25, -0.2) is 4.79 Å². The van der Waals surface area contributed by atoms with Gasteiger partial charge in [0.25, 0.3) is 0 Å². The second-order valence-electron chi connectivity index (χ2n) is 6.94. The molecule has 1 heterocycles. The lowest BCUT2D eigenvalue weighted by atomic mass is 9.89. The Balaban J connectivity index is 2.20. The molecule has 0 aromatic heterocycles. The molecule has 2 atom stereocenters. The van der Waals surface area contributed by atoms with Crippen LogP contribution in [0.15, 0.2) is 24.3 Å². The maximum Gasteiger partial charge on any atom is 0.410 e. The first-order valence-electron chi connectivity index (χ1n) is 8.14. The normalized spacial score (nSPS) is 20.8. The number of rotatable bonds is 4. The van der Waals surface area contributed by atoms with Crippen LogP contribution in [-0.2, 0) is 9.53 Å². The third-order valence-corrected chi connectivity index (χ3v) is 3.89. The van der Waals surface area contributed by atoms with Gasteiger partial charge in [0, 0.05) is 19.0 Å². The van der Waals surface area contributed by atoms with E-state index < -0.39 is 23.6 Å². The van der Waals surface area contributed by atoms with Gasteiger partial charge in [0.1, 0.15) is 11.4 Å². The van der Waals surface area contributed by atoms with Crippen LogP contribution in [0.4, 0.5) is 4.79 Å². The number of aliphatic carboxylic acids is 1. The van der Waals surface area contributed by atoms with E-state index in [9.17, 15) is 14.7 Å². The van der Waals surface area contributed by atoms with E-state index in [-0.39, 0.29) is 12.5 Å². The van der Waals surface area contributed by atoms with Crippen molar-refractivity contribution in [2.24, 2.45) is 5.92 Å². The Labute approximate surface area is 142 Å². The Morgan fingerprint density at radius 2 is 2.00 bits per heavy atom. The Morgan fingerprint density at radius 1 is 1.29 bits per heavy atom. The maximum absolute atomic E-state index is 12.3. The van der Waals surface area contributed by atoms with Gasteiger partial charge < -0.3 is 19.5 Å². The van der Waals surface area contributed by atoms with Gasteiger partial charge in [0.05, 0.1) is 12.5 Å². The van der Waals surface area contributed by atoms with Crippen molar-refractivity contribution in [1.29, 1.82) is 0 Å². The summed E-state index contributed by atoms with van der Waals surface area (Å²) in [5.41, 5.74) is 0.252. The van der Waals surface area contributed by atoms with Crippen LogP contribution < -0.4 is 4.74 Å². The summed E-state index contributed by atoms with van der Waals surface area (Å²) in [5, 5.41) is 9.54. The zero-order valence-electron chi connectivity index (χ0n) is 14.6. The number of carbonyl (C=O) groups excluding carboxylic acids is 1. The monoisotopic (exact) mass is 335 g/mol. The maximum atomic E-state index is 12.3. The van der Waals surface area contributed by atoms with Gasteiger partial charge in [-0.3, -0.25) is 4.79 Å². The number of likely N-dealkylation sites (tertiary alicyclic amines) is 1. The quantitative estimate of drug-likeness (QED) is 0.915. The van der Waals surface area contributed by atoms with Crippen molar-refractivity contribution in [3.8, 4) is 5.75 Å². The van der Waals surface area contributed by atoms with Crippen molar-refractivity contribution in [1.82, 2.24) is 4.90 Å². The highest BCUT2D eigenvalue weighted by molar-refractivity contribution is 5.76. The summed E-state index contributed by atoms with van der Waals surface area (Å²) in [6.45, 7) is 8.28. The van der Waals surface area contributed by atoms with Crippen LogP contribution in [0, 0.1) is 5.92 Å². The fraction of sp³-hybridized carbons (Fsp3) is 0.556. The Morgan fingerprint density at radius 3 is 2.58 bits per heavy atom. The van der Waals surface area contributed by atoms with Gasteiger partial charge in [-0.1, -0.05) is 12.1 Å². The molecular formula is C18H25NO5. The molecule has 2 rings (SSSR count). The standard InChI is InChI=1S/C18H25NO5/c1-5-23-13-8-6-7-12(9-13)14-10-19(11-15(14)16(20)21)17(22)24-18(2,3)4/h6-9,14-15H,5,10-11H2,1-4H3,(H,20,21)/t14-,15-/m0/s1. The van der Waals surface area contributed by atoms with Gasteiger partial charge >= 0.3 is 12.1 Å². The predicted molar refractivity (Wildman–Crippen MR) is 89.3 cm³/mol. The highest BCUT2D eigenvalue weighted by Gasteiger charge is 2.41. The average Bonchev–Trinajstić information content (AvgIpc) is 2.91. The van der Waals surface area contributed by atoms with Crippen LogP contribution in [-0.4, -0.2) is 47.4 Å². The number of carbonyl (C=O) groups is 2. The van der Waals surface area contributed by atoms with E-state index in [1.807, 2.05) is 31.2 Å². The second-order valence-corrected chi connectivity index (χ2v) is 6.94. The fourth-order valence-corrected chi connectivity index (χ4v) is 2.87. The number of ether oxygens (including phenoxy) is 2. The van der Waals surface area contributed by atoms with Crippen molar-refractivity contribution in [2.45, 2.75) is 39.2 Å². The van der Waals surface area contributed by atoms with E-state index in [4.69, 9.17) is 9.47 Å². The van der Waals surface area contributed by atoms with Crippen molar-refractivity contribution in [3.63, 3.8) is 0 Å². The molecule has 1 N–H and O–H groups in total. The lowest BCUT2D eigenvalue weighted by molar-refractivity contribution is -0.141. The van der Waals surface area contributed by atoms with Gasteiger partial charge in [-0.05, 0) is 45.4 Å². The largest absolute Gasteiger partial charge is 0.494 e. The summed E-state index contributed by atoms with van der Waals surface area (Å²) in [4.78, 5) is 25.4. The molecule has 6 heteroatoms. The molecule has 0 aliphatic carbocycles. The SMILES string of the molecule is CCOc1cccc([C@@H]2CN(C(=O)OC(C)(C)C)C[C@@H]2C(=O)O)c1. The molecule has 1 aromatic carbocycles. The highest BCUT2D eigenvalue weighted by atomic mass is 16.6. The number of nitrogens with zero attached hydrogens (tertiary/aromatic N) is 1. The molecule has 1 aromatic rings. The van der Waals surface area contributed by atoms with Crippen molar-refractivity contribution in [2.75, 3.05) is 19.7 Å². The summed E-state index contributed by atoms with van der Waals surface area (Å²) in [7, 11) is 0. The molecule has 0 unspecified atom stereocenters. The third kappa shape index (κ3) is 4.40. The lowest BCUT2D eigenvalue weighted by Gasteiger charge is -2.24. The van der Waals surface area contributed by atoms with Gasteiger partial charge in [-0.15, -0.1) is 0 Å². The van der Waals surface area contributed by atoms with Crippen LogP contribution in [0.25, 0.3) is 0 Å². The molecule has 1 fully saturated rings. The number of hydrogen-bond acceptors (Lipinski definition) is 4. The lowest BCUT2D eigenvalue weighted by Crippen LogP contribution is -2.35. The summed E-state index contributed by atoms with van der Waals surface area (Å²) < 4.78 is 10.9. The minimum absolute atomic E-state index is 0.147. The summed E-state index contributed by atoms with van der Waals surface area (Å²) >= 11 is 0. The molecule has 0 spiro atoms. The molecular weight excluding hydrogens is 310 g/mol. The summed E-state index contributed by atoms with van der Waals surface area (Å²) in [6, 6.07) is 7.41. The molecule has 1 aliphatic rings. The smallest absolute Gasteiger partial charge is 0.410 e. The minimum atomic E-state index is -0.909. The number of benzene rings is 1. The number of carboxylic acids is 1. The van der Waals surface area contributed by atoms with E-state index in [1.54, 1.807) is 20.8 Å². The van der Waals surface area contributed by atoms with E-state index in [2.05, 4.69) is 0 Å². The number of hydrogen-bond donors (Lipinski definition) is 1. The Kier molecular flexibility index (Phi) is 5.36. The van der Waals surface area contributed by atoms with E-state index in [1.165, 1.54) is 4.90 Å². The van der Waals surface area contributed by atoms with E-state index in [0.29, 0.717) is 18.9 Å². The van der Waals surface area contributed by atoms with Crippen LogP contribution >= 0.6 is 0 Å². The first-order valence-corrected chi connectivity index (χ1v) is 8.14. The third-order valence-electron chi connectivity index (χ3n) is 3.89. The average molecular weight is 335 g/mol. The fourth-order valence-electron chi connectivity index (χ4n) is 2.87. The van der Waals surface area contributed by atoms with Crippen molar-refractivity contribution >= 4 is 12.1 Å². The molecule has 132 valence electrons. The Hall–Kier alpha value is -2.24. The van der Waals surface area contributed by atoms with Crippen LogP contribution in [0.5, 0.6) is 5.75 Å².